The summed E-state index contributed by atoms with van der Waals surface area (Å²) in [5, 5.41) is 0.823. The van der Waals surface area contributed by atoms with Crippen molar-refractivity contribution < 1.29 is 9.53 Å². The Morgan fingerprint density at radius 3 is 2.86 bits per heavy atom. The molecule has 1 heterocycles. The summed E-state index contributed by atoms with van der Waals surface area (Å²) in [4.78, 5) is 19.4. The number of ether oxygens (including phenoxy) is 1. The molecule has 0 aliphatic heterocycles. The molecule has 6 heteroatoms. The van der Waals surface area contributed by atoms with Gasteiger partial charge in [-0.05, 0) is 23.8 Å². The predicted octanol–water partition coefficient (Wildman–Crippen LogP) is 3.22. The summed E-state index contributed by atoms with van der Waals surface area (Å²) in [6.45, 7) is 0. The van der Waals surface area contributed by atoms with E-state index in [2.05, 4.69) is 9.97 Å². The number of anilines is 1. The lowest BCUT2D eigenvalue weighted by atomic mass is 10.1. The predicted molar refractivity (Wildman–Crippen MR) is 87.8 cm³/mol. The highest BCUT2D eigenvalue weighted by molar-refractivity contribution is 7.98. The van der Waals surface area contributed by atoms with Crippen LogP contribution < -0.4 is 5.73 Å². The number of nitrogens with zero attached hydrogens (tertiary/aromatic N) is 1. The first-order chi connectivity index (χ1) is 10.7. The van der Waals surface area contributed by atoms with E-state index in [0.717, 1.165) is 21.8 Å². The average molecular weight is 313 g/mol. The van der Waals surface area contributed by atoms with Crippen LogP contribution in [0.4, 0.5) is 5.69 Å². The molecule has 0 saturated heterocycles. The number of methoxy groups -OCH3 is 1. The van der Waals surface area contributed by atoms with Gasteiger partial charge in [0.05, 0.1) is 29.4 Å². The first-order valence-corrected chi connectivity index (χ1v) is 7.71. The second kappa shape index (κ2) is 6.11. The van der Waals surface area contributed by atoms with Gasteiger partial charge in [-0.25, -0.2) is 9.78 Å². The molecule has 5 nitrogen and oxygen atoms in total. The lowest BCUT2D eigenvalue weighted by Gasteiger charge is -2.08. The number of benzene rings is 2. The van der Waals surface area contributed by atoms with E-state index in [1.165, 1.54) is 7.11 Å². The number of carbonyl (C=O) groups excluding carboxylic acids is 1. The molecule has 112 valence electrons. The first kappa shape index (κ1) is 14.5. The standard InChI is InChI=1S/C16H15N3O2S/c1-21-15(20)11-6-4-5-10(14(11)17)9-22-16-18-12-7-2-3-8-13(12)19-16/h2-8H,9,17H2,1H3,(H,18,19). The molecule has 0 unspecified atom stereocenters. The Hall–Kier alpha value is -2.47. The van der Waals surface area contributed by atoms with E-state index in [9.17, 15) is 4.79 Å². The van der Waals surface area contributed by atoms with Crippen LogP contribution >= 0.6 is 11.8 Å². The molecule has 0 radical (unpaired) electrons. The number of rotatable bonds is 4. The maximum Gasteiger partial charge on any atom is 0.339 e. The summed E-state index contributed by atoms with van der Waals surface area (Å²) in [6, 6.07) is 13.2. The van der Waals surface area contributed by atoms with Gasteiger partial charge >= 0.3 is 5.97 Å². The maximum absolute atomic E-state index is 11.7. The maximum atomic E-state index is 11.7. The number of aromatic amines is 1. The van der Waals surface area contributed by atoms with Crippen LogP contribution in [-0.4, -0.2) is 23.0 Å². The van der Waals surface area contributed by atoms with Crippen molar-refractivity contribution in [3.05, 3.63) is 53.6 Å². The third-order valence-electron chi connectivity index (χ3n) is 3.33. The lowest BCUT2D eigenvalue weighted by molar-refractivity contribution is 0.0602. The highest BCUT2D eigenvalue weighted by Crippen LogP contribution is 2.27. The molecule has 2 aromatic carbocycles. The summed E-state index contributed by atoms with van der Waals surface area (Å²) in [6.07, 6.45) is 0. The smallest absolute Gasteiger partial charge is 0.339 e. The minimum atomic E-state index is -0.423. The van der Waals surface area contributed by atoms with E-state index in [0.29, 0.717) is 17.0 Å². The lowest BCUT2D eigenvalue weighted by Crippen LogP contribution is -2.07. The average Bonchev–Trinajstić information content (AvgIpc) is 2.96. The Kier molecular flexibility index (Phi) is 4.02. The van der Waals surface area contributed by atoms with E-state index in [1.54, 1.807) is 23.9 Å². The number of fused-ring (bicyclic) bond motifs is 1. The van der Waals surface area contributed by atoms with Crippen molar-refractivity contribution in [2.45, 2.75) is 10.9 Å². The van der Waals surface area contributed by atoms with Gasteiger partial charge in [0.2, 0.25) is 0 Å². The van der Waals surface area contributed by atoms with Crippen molar-refractivity contribution in [1.29, 1.82) is 0 Å². The van der Waals surface area contributed by atoms with Crippen LogP contribution in [0.5, 0.6) is 0 Å². The Bertz CT molecular complexity index is 796. The molecule has 22 heavy (non-hydrogen) atoms. The zero-order valence-electron chi connectivity index (χ0n) is 12.0. The molecule has 0 bridgehead atoms. The zero-order valence-corrected chi connectivity index (χ0v) is 12.8. The monoisotopic (exact) mass is 313 g/mol. The van der Waals surface area contributed by atoms with Crippen LogP contribution in [0.3, 0.4) is 0 Å². The molecule has 0 aliphatic carbocycles. The third kappa shape index (κ3) is 2.78. The molecule has 0 spiro atoms. The van der Waals surface area contributed by atoms with Crippen LogP contribution in [0, 0.1) is 0 Å². The molecule has 3 N–H and O–H groups in total. The third-order valence-corrected chi connectivity index (χ3v) is 4.26. The number of nitrogens with two attached hydrogens (primary N) is 1. The highest BCUT2D eigenvalue weighted by atomic mass is 32.2. The largest absolute Gasteiger partial charge is 0.465 e. The summed E-state index contributed by atoms with van der Waals surface area (Å²) in [5.74, 6) is 0.198. The van der Waals surface area contributed by atoms with Gasteiger partial charge in [-0.3, -0.25) is 0 Å². The highest BCUT2D eigenvalue weighted by Gasteiger charge is 2.13. The Labute approximate surface area is 131 Å². The van der Waals surface area contributed by atoms with E-state index in [1.807, 2.05) is 30.3 Å². The van der Waals surface area contributed by atoms with Gasteiger partial charge in [0.1, 0.15) is 0 Å². The van der Waals surface area contributed by atoms with Crippen LogP contribution in [-0.2, 0) is 10.5 Å². The van der Waals surface area contributed by atoms with Gasteiger partial charge < -0.3 is 15.5 Å². The summed E-state index contributed by atoms with van der Waals surface area (Å²) in [7, 11) is 1.34. The molecule has 0 amide bonds. The fourth-order valence-electron chi connectivity index (χ4n) is 2.17. The number of carbonyl (C=O) groups is 1. The Morgan fingerprint density at radius 2 is 2.09 bits per heavy atom. The van der Waals surface area contributed by atoms with Crippen LogP contribution in [0.1, 0.15) is 15.9 Å². The number of H-pyrrole nitrogens is 1. The molecule has 1 aromatic heterocycles. The normalized spacial score (nSPS) is 10.8. The van der Waals surface area contributed by atoms with Crippen molar-refractivity contribution >= 4 is 34.5 Å². The van der Waals surface area contributed by atoms with Crippen molar-refractivity contribution in [1.82, 2.24) is 9.97 Å². The number of esters is 1. The molecule has 3 rings (SSSR count). The molecule has 3 aromatic rings. The summed E-state index contributed by atoms with van der Waals surface area (Å²) < 4.78 is 4.73. The zero-order chi connectivity index (χ0) is 15.5. The Balaban J connectivity index is 1.80. The number of imidazole rings is 1. The molecular formula is C16H15N3O2S. The molecule has 0 saturated carbocycles. The number of para-hydroxylation sites is 3. The number of aromatic nitrogens is 2. The fraction of sp³-hybridized carbons (Fsp3) is 0.125. The molecule has 0 aliphatic rings. The number of nitrogen functional groups attached to an aromatic ring is 1. The first-order valence-electron chi connectivity index (χ1n) is 6.72. The number of thioether (sulfide) groups is 1. The van der Waals surface area contributed by atoms with Gasteiger partial charge in [-0.15, -0.1) is 0 Å². The number of hydrogen-bond donors (Lipinski definition) is 2. The van der Waals surface area contributed by atoms with Crippen LogP contribution in [0.2, 0.25) is 0 Å². The van der Waals surface area contributed by atoms with Gasteiger partial charge in [-0.1, -0.05) is 36.0 Å². The Morgan fingerprint density at radius 1 is 1.27 bits per heavy atom. The van der Waals surface area contributed by atoms with E-state index in [4.69, 9.17) is 10.5 Å². The van der Waals surface area contributed by atoms with Gasteiger partial charge in [0.25, 0.3) is 0 Å². The van der Waals surface area contributed by atoms with Crippen molar-refractivity contribution in [2.24, 2.45) is 0 Å². The van der Waals surface area contributed by atoms with E-state index < -0.39 is 5.97 Å². The quantitative estimate of drug-likeness (QED) is 0.439. The minimum absolute atomic E-state index is 0.394. The van der Waals surface area contributed by atoms with Gasteiger partial charge in [0, 0.05) is 5.75 Å². The second-order valence-electron chi connectivity index (χ2n) is 4.72. The molecule has 0 atom stereocenters. The van der Waals surface area contributed by atoms with Crippen molar-refractivity contribution in [3.63, 3.8) is 0 Å². The summed E-state index contributed by atoms with van der Waals surface area (Å²) >= 11 is 1.54. The SMILES string of the molecule is COC(=O)c1cccc(CSc2nc3ccccc3[nH]2)c1N. The van der Waals surface area contributed by atoms with Crippen molar-refractivity contribution in [3.8, 4) is 0 Å². The summed E-state index contributed by atoms with van der Waals surface area (Å²) in [5.41, 5.74) is 9.72. The fourth-order valence-corrected chi connectivity index (χ4v) is 3.06. The second-order valence-corrected chi connectivity index (χ2v) is 5.68. The molecular weight excluding hydrogens is 298 g/mol. The number of nitrogens with one attached hydrogen (secondary N) is 1. The number of hydrogen-bond acceptors (Lipinski definition) is 5. The van der Waals surface area contributed by atoms with Gasteiger partial charge in [-0.2, -0.15) is 0 Å². The molecule has 0 fully saturated rings. The van der Waals surface area contributed by atoms with Gasteiger partial charge in [0.15, 0.2) is 5.16 Å². The van der Waals surface area contributed by atoms with Crippen LogP contribution in [0.25, 0.3) is 11.0 Å². The van der Waals surface area contributed by atoms with E-state index in [-0.39, 0.29) is 0 Å². The topological polar surface area (TPSA) is 81.0 Å². The minimum Gasteiger partial charge on any atom is -0.465 e. The van der Waals surface area contributed by atoms with Crippen molar-refractivity contribution in [2.75, 3.05) is 12.8 Å². The van der Waals surface area contributed by atoms with E-state index >= 15 is 0 Å². The van der Waals surface area contributed by atoms with Crippen LogP contribution in [0.15, 0.2) is 47.6 Å².